The molecule has 0 aromatic carbocycles. The van der Waals surface area contributed by atoms with E-state index in [1.165, 1.54) is 5.69 Å². The Balaban J connectivity index is 1.48. The van der Waals surface area contributed by atoms with Crippen molar-refractivity contribution in [3.05, 3.63) is 30.4 Å². The van der Waals surface area contributed by atoms with E-state index in [0.717, 1.165) is 68.3 Å². The molecule has 0 amide bonds. The second-order valence-electron chi connectivity index (χ2n) is 9.45. The normalized spacial score (nSPS) is 24.4. The average molecular weight is 455 g/mol. The molecule has 0 unspecified atom stereocenters. The van der Waals surface area contributed by atoms with Crippen LogP contribution in [0, 0.1) is 0 Å². The van der Waals surface area contributed by atoms with Crippen molar-refractivity contribution in [1.29, 1.82) is 0 Å². The minimum absolute atomic E-state index is 0.104. The molecule has 0 bridgehead atoms. The third kappa shape index (κ3) is 4.90. The first-order chi connectivity index (χ1) is 16.1. The summed E-state index contributed by atoms with van der Waals surface area (Å²) >= 11 is 0. The van der Waals surface area contributed by atoms with Crippen LogP contribution in [0.1, 0.15) is 57.1 Å². The number of ether oxygens (including phenoxy) is 2. The quantitative estimate of drug-likeness (QED) is 0.539. The predicted octanol–water partition coefficient (Wildman–Crippen LogP) is 3.24. The lowest BCUT2D eigenvalue weighted by Crippen LogP contribution is -2.23. The van der Waals surface area contributed by atoms with Gasteiger partial charge in [-0.05, 0) is 51.5 Å². The summed E-state index contributed by atoms with van der Waals surface area (Å²) in [4.78, 5) is 4.59. The van der Waals surface area contributed by atoms with Gasteiger partial charge in [0.2, 0.25) is 5.95 Å². The van der Waals surface area contributed by atoms with Gasteiger partial charge in [-0.2, -0.15) is 5.10 Å². The van der Waals surface area contributed by atoms with Crippen LogP contribution in [0.3, 0.4) is 0 Å². The maximum atomic E-state index is 10.0. The molecule has 1 saturated carbocycles. The molecule has 3 aromatic heterocycles. The van der Waals surface area contributed by atoms with Crippen molar-refractivity contribution < 1.29 is 14.6 Å². The molecule has 2 N–H and O–H groups in total. The van der Waals surface area contributed by atoms with Crippen LogP contribution in [0.4, 0.5) is 5.95 Å². The largest absolute Gasteiger partial charge is 0.393 e. The Bertz CT molecular complexity index is 1070. The lowest BCUT2D eigenvalue weighted by Gasteiger charge is -2.25. The molecule has 3 aromatic rings. The smallest absolute Gasteiger partial charge is 0.241 e. The summed E-state index contributed by atoms with van der Waals surface area (Å²) in [5, 5.41) is 22.8. The van der Waals surface area contributed by atoms with Gasteiger partial charge in [-0.3, -0.25) is 4.68 Å². The number of anilines is 1. The molecule has 1 aliphatic carbocycles. The van der Waals surface area contributed by atoms with Crippen molar-refractivity contribution >= 4 is 11.5 Å². The maximum absolute atomic E-state index is 10.0. The lowest BCUT2D eigenvalue weighted by molar-refractivity contribution is 0.0940. The zero-order valence-corrected chi connectivity index (χ0v) is 19.5. The van der Waals surface area contributed by atoms with Gasteiger partial charge in [0.1, 0.15) is 0 Å². The van der Waals surface area contributed by atoms with Crippen LogP contribution in [0.2, 0.25) is 0 Å². The van der Waals surface area contributed by atoms with Crippen molar-refractivity contribution in [1.82, 2.24) is 24.4 Å². The van der Waals surface area contributed by atoms with Gasteiger partial charge in [0.15, 0.2) is 0 Å². The topological polar surface area (TPSA) is 98.7 Å². The van der Waals surface area contributed by atoms with E-state index in [4.69, 9.17) is 14.6 Å². The number of methoxy groups -OCH3 is 1. The van der Waals surface area contributed by atoms with Gasteiger partial charge in [-0.15, -0.1) is 5.10 Å². The summed E-state index contributed by atoms with van der Waals surface area (Å²) < 4.78 is 15.0. The molecule has 33 heavy (non-hydrogen) atoms. The van der Waals surface area contributed by atoms with Gasteiger partial charge in [-0.1, -0.05) is 0 Å². The number of hydrogen-bond donors (Lipinski definition) is 2. The van der Waals surface area contributed by atoms with Crippen LogP contribution < -0.4 is 5.32 Å². The molecular formula is C24H34N6O3. The number of aromatic nitrogens is 5. The SMILES string of the molecule is COC[C@H](C)Nc1ncc2c(-c3cnn(C[C@@H]4CCCO4)c3)cc([C@H]3CC[C@H](O)CC3)n2n1. The van der Waals surface area contributed by atoms with Crippen molar-refractivity contribution in [2.75, 3.05) is 25.6 Å². The van der Waals surface area contributed by atoms with Crippen LogP contribution in [-0.4, -0.2) is 68.1 Å². The summed E-state index contributed by atoms with van der Waals surface area (Å²) in [5.74, 6) is 0.941. The van der Waals surface area contributed by atoms with Gasteiger partial charge >= 0.3 is 0 Å². The molecule has 4 heterocycles. The summed E-state index contributed by atoms with van der Waals surface area (Å²) in [6.07, 6.45) is 11.7. The monoisotopic (exact) mass is 454 g/mol. The number of hydrogen-bond acceptors (Lipinski definition) is 7. The summed E-state index contributed by atoms with van der Waals surface area (Å²) in [6, 6.07) is 2.34. The van der Waals surface area contributed by atoms with Gasteiger partial charge in [-0.25, -0.2) is 9.50 Å². The van der Waals surface area contributed by atoms with Gasteiger partial charge in [0, 0.05) is 48.7 Å². The molecule has 0 spiro atoms. The molecule has 5 rings (SSSR count). The average Bonchev–Trinajstić information content (AvgIpc) is 3.55. The van der Waals surface area contributed by atoms with Crippen LogP contribution in [-0.2, 0) is 16.0 Å². The molecule has 1 aliphatic heterocycles. The fraction of sp³-hybridized carbons (Fsp3) is 0.625. The van der Waals surface area contributed by atoms with E-state index in [9.17, 15) is 5.11 Å². The standard InChI is InChI=1S/C24H34N6O3/c1-16(15-32-2)27-24-25-12-23-21(18-11-26-29(13-18)14-20-4-3-9-33-20)10-22(30(23)28-24)17-5-7-19(31)8-6-17/h10-13,16-17,19-20,31H,3-9,14-15H2,1-2H3,(H,27,28)/t16-,17-,19-,20-/m0/s1. The third-order valence-electron chi connectivity index (χ3n) is 6.81. The first-order valence-electron chi connectivity index (χ1n) is 12.1. The van der Waals surface area contributed by atoms with Gasteiger partial charge in [0.05, 0.1) is 43.3 Å². The summed E-state index contributed by atoms with van der Waals surface area (Å²) in [7, 11) is 1.69. The number of nitrogens with zero attached hydrogens (tertiary/aromatic N) is 5. The van der Waals surface area contributed by atoms with Crippen LogP contribution in [0.25, 0.3) is 16.6 Å². The van der Waals surface area contributed by atoms with E-state index in [0.29, 0.717) is 18.5 Å². The number of nitrogens with one attached hydrogen (secondary N) is 1. The highest BCUT2D eigenvalue weighted by Gasteiger charge is 2.26. The molecular weight excluding hydrogens is 420 g/mol. The first-order valence-corrected chi connectivity index (χ1v) is 12.1. The first kappa shape index (κ1) is 22.3. The molecule has 9 nitrogen and oxygen atoms in total. The molecule has 2 fully saturated rings. The fourth-order valence-electron chi connectivity index (χ4n) is 5.09. The molecule has 2 atom stereocenters. The minimum Gasteiger partial charge on any atom is -0.393 e. The van der Waals surface area contributed by atoms with Crippen molar-refractivity contribution in [2.24, 2.45) is 0 Å². The summed E-state index contributed by atoms with van der Waals surface area (Å²) in [5.41, 5.74) is 4.29. The number of fused-ring (bicyclic) bond motifs is 1. The molecule has 0 radical (unpaired) electrons. The Hall–Kier alpha value is -2.49. The second-order valence-corrected chi connectivity index (χ2v) is 9.45. The predicted molar refractivity (Wildman–Crippen MR) is 125 cm³/mol. The van der Waals surface area contributed by atoms with Crippen LogP contribution >= 0.6 is 0 Å². The Morgan fingerprint density at radius 3 is 2.85 bits per heavy atom. The molecule has 9 heteroatoms. The highest BCUT2D eigenvalue weighted by atomic mass is 16.5. The number of aliphatic hydroxyl groups is 1. The van der Waals surface area contributed by atoms with Crippen LogP contribution in [0.15, 0.2) is 24.7 Å². The summed E-state index contributed by atoms with van der Waals surface area (Å²) in [6.45, 7) is 4.25. The molecule has 2 aliphatic rings. The van der Waals surface area contributed by atoms with E-state index < -0.39 is 0 Å². The highest BCUT2D eigenvalue weighted by molar-refractivity contribution is 5.81. The lowest BCUT2D eigenvalue weighted by atomic mass is 9.85. The van der Waals surface area contributed by atoms with Crippen molar-refractivity contribution in [3.8, 4) is 11.1 Å². The number of aliphatic hydroxyl groups excluding tert-OH is 1. The zero-order valence-electron chi connectivity index (χ0n) is 19.5. The maximum Gasteiger partial charge on any atom is 0.241 e. The van der Waals surface area contributed by atoms with E-state index in [-0.39, 0.29) is 18.2 Å². The van der Waals surface area contributed by atoms with Crippen molar-refractivity contribution in [2.45, 2.75) is 76.2 Å². The minimum atomic E-state index is -0.190. The highest BCUT2D eigenvalue weighted by Crippen LogP contribution is 2.37. The van der Waals surface area contributed by atoms with E-state index in [1.807, 2.05) is 28.5 Å². The Morgan fingerprint density at radius 1 is 1.24 bits per heavy atom. The third-order valence-corrected chi connectivity index (χ3v) is 6.81. The Labute approximate surface area is 194 Å². The van der Waals surface area contributed by atoms with E-state index in [2.05, 4.69) is 27.7 Å². The number of rotatable bonds is 8. The zero-order chi connectivity index (χ0) is 22.8. The molecule has 178 valence electrons. The fourth-order valence-corrected chi connectivity index (χ4v) is 5.09. The second kappa shape index (κ2) is 9.79. The van der Waals surface area contributed by atoms with E-state index >= 15 is 0 Å². The van der Waals surface area contributed by atoms with E-state index in [1.54, 1.807) is 7.11 Å². The molecule has 1 saturated heterocycles. The van der Waals surface area contributed by atoms with Gasteiger partial charge < -0.3 is 19.9 Å². The van der Waals surface area contributed by atoms with Gasteiger partial charge in [0.25, 0.3) is 0 Å². The Kier molecular flexibility index (Phi) is 6.62. The Morgan fingerprint density at radius 2 is 2.09 bits per heavy atom. The van der Waals surface area contributed by atoms with Crippen molar-refractivity contribution in [3.63, 3.8) is 0 Å². The van der Waals surface area contributed by atoms with Crippen LogP contribution in [0.5, 0.6) is 0 Å².